The van der Waals surface area contributed by atoms with Crippen molar-refractivity contribution < 1.29 is 17.9 Å². The summed E-state index contributed by atoms with van der Waals surface area (Å²) in [6.45, 7) is 3.96. The molecule has 0 aromatic heterocycles. The maximum absolute atomic E-state index is 13.0. The Kier molecular flexibility index (Phi) is 7.96. The number of hydrogen-bond acceptors (Lipinski definition) is 5. The molecule has 1 amide bonds. The summed E-state index contributed by atoms with van der Waals surface area (Å²) in [6, 6.07) is 19.3. The SMILES string of the molecule is COc1ccccc1[C@@H](CNC(=O)c1ccc(C)c(S(=O)(=O)Nc2ccc(C)cc2)c1)N(C)C. The van der Waals surface area contributed by atoms with Gasteiger partial charge in [-0.05, 0) is 63.8 Å². The molecule has 7 nitrogen and oxygen atoms in total. The molecule has 0 unspecified atom stereocenters. The number of ether oxygens (including phenoxy) is 1. The number of anilines is 1. The number of aryl methyl sites for hydroxylation is 2. The van der Waals surface area contributed by atoms with Crippen LogP contribution in [0.3, 0.4) is 0 Å². The summed E-state index contributed by atoms with van der Waals surface area (Å²) in [6.07, 6.45) is 0. The highest BCUT2D eigenvalue weighted by Gasteiger charge is 2.22. The summed E-state index contributed by atoms with van der Waals surface area (Å²) in [5.74, 6) is 0.384. The molecule has 0 aliphatic rings. The summed E-state index contributed by atoms with van der Waals surface area (Å²) in [4.78, 5) is 15.0. The summed E-state index contributed by atoms with van der Waals surface area (Å²) >= 11 is 0. The second-order valence-corrected chi connectivity index (χ2v) is 10.0. The summed E-state index contributed by atoms with van der Waals surface area (Å²) < 4.78 is 34.1. The Bertz CT molecular complexity index is 1260. The third-order valence-electron chi connectivity index (χ3n) is 5.62. The molecule has 3 aromatic carbocycles. The van der Waals surface area contributed by atoms with E-state index in [1.807, 2.05) is 62.3 Å². The molecule has 3 rings (SSSR count). The van der Waals surface area contributed by atoms with E-state index in [1.165, 1.54) is 6.07 Å². The van der Waals surface area contributed by atoms with Gasteiger partial charge in [0.1, 0.15) is 5.75 Å². The average Bonchev–Trinajstić information content (AvgIpc) is 2.80. The first-order valence-corrected chi connectivity index (χ1v) is 12.4. The largest absolute Gasteiger partial charge is 0.496 e. The number of amides is 1. The Labute approximate surface area is 201 Å². The van der Waals surface area contributed by atoms with Crippen LogP contribution >= 0.6 is 0 Å². The Balaban J connectivity index is 1.80. The van der Waals surface area contributed by atoms with E-state index in [0.29, 0.717) is 17.8 Å². The summed E-state index contributed by atoms with van der Waals surface area (Å²) in [5, 5.41) is 2.93. The van der Waals surface area contributed by atoms with Gasteiger partial charge >= 0.3 is 0 Å². The number of carbonyl (C=O) groups is 1. The highest BCUT2D eigenvalue weighted by molar-refractivity contribution is 7.92. The zero-order valence-electron chi connectivity index (χ0n) is 20.1. The third kappa shape index (κ3) is 5.95. The second kappa shape index (κ2) is 10.7. The van der Waals surface area contributed by atoms with Gasteiger partial charge in [0.25, 0.3) is 15.9 Å². The van der Waals surface area contributed by atoms with Gasteiger partial charge in [0.15, 0.2) is 0 Å². The van der Waals surface area contributed by atoms with Crippen molar-refractivity contribution in [3.05, 3.63) is 89.0 Å². The minimum atomic E-state index is -3.86. The van der Waals surface area contributed by atoms with Crippen molar-refractivity contribution in [2.45, 2.75) is 24.8 Å². The molecule has 8 heteroatoms. The average molecular weight is 482 g/mol. The van der Waals surface area contributed by atoms with E-state index >= 15 is 0 Å². The number of benzene rings is 3. The van der Waals surface area contributed by atoms with Crippen LogP contribution in [0.1, 0.15) is 33.1 Å². The van der Waals surface area contributed by atoms with Gasteiger partial charge < -0.3 is 15.0 Å². The Morgan fingerprint density at radius 3 is 2.32 bits per heavy atom. The minimum absolute atomic E-state index is 0.0645. The van der Waals surface area contributed by atoms with Crippen molar-refractivity contribution >= 4 is 21.6 Å². The highest BCUT2D eigenvalue weighted by Crippen LogP contribution is 2.27. The summed E-state index contributed by atoms with van der Waals surface area (Å²) in [5.41, 5.74) is 3.26. The zero-order chi connectivity index (χ0) is 24.9. The lowest BCUT2D eigenvalue weighted by atomic mass is 10.0. The van der Waals surface area contributed by atoms with E-state index in [-0.39, 0.29) is 22.4 Å². The van der Waals surface area contributed by atoms with Crippen LogP contribution in [0.15, 0.2) is 71.6 Å². The first kappa shape index (κ1) is 25.3. The molecule has 0 fully saturated rings. The lowest BCUT2D eigenvalue weighted by Gasteiger charge is -2.26. The molecule has 0 spiro atoms. The third-order valence-corrected chi connectivity index (χ3v) is 7.14. The van der Waals surface area contributed by atoms with Gasteiger partial charge in [0.05, 0.1) is 18.0 Å². The van der Waals surface area contributed by atoms with E-state index in [4.69, 9.17) is 4.74 Å². The molecular weight excluding hydrogens is 450 g/mol. The van der Waals surface area contributed by atoms with Gasteiger partial charge in [-0.2, -0.15) is 0 Å². The number of carbonyl (C=O) groups excluding carboxylic acids is 1. The number of nitrogens with one attached hydrogen (secondary N) is 2. The number of nitrogens with zero attached hydrogens (tertiary/aromatic N) is 1. The predicted octanol–water partition coefficient (Wildman–Crippen LogP) is 4.15. The van der Waals surface area contributed by atoms with Crippen LogP contribution in [0, 0.1) is 13.8 Å². The fourth-order valence-electron chi connectivity index (χ4n) is 3.67. The van der Waals surface area contributed by atoms with Crippen LogP contribution < -0.4 is 14.8 Å². The molecule has 3 aromatic rings. The van der Waals surface area contributed by atoms with Crippen molar-refractivity contribution in [3.63, 3.8) is 0 Å². The van der Waals surface area contributed by atoms with Crippen molar-refractivity contribution in [3.8, 4) is 5.75 Å². The van der Waals surface area contributed by atoms with Gasteiger partial charge in [0.2, 0.25) is 0 Å². The standard InChI is InChI=1S/C26H31N3O4S/c1-18-10-14-21(15-11-18)28-34(31,32)25-16-20(13-12-19(25)2)26(30)27-17-23(29(3)4)22-8-6-7-9-24(22)33-5/h6-16,23,28H,17H2,1-5H3,(H,27,30)/t23-/m1/s1. The van der Waals surface area contributed by atoms with Crippen molar-refractivity contribution in [2.75, 3.05) is 32.5 Å². The fourth-order valence-corrected chi connectivity index (χ4v) is 5.00. The Hall–Kier alpha value is -3.36. The van der Waals surface area contributed by atoms with Crippen LogP contribution in [0.4, 0.5) is 5.69 Å². The molecule has 0 saturated heterocycles. The van der Waals surface area contributed by atoms with Crippen LogP contribution in [0.5, 0.6) is 5.75 Å². The minimum Gasteiger partial charge on any atom is -0.496 e. The van der Waals surface area contributed by atoms with Crippen molar-refractivity contribution in [2.24, 2.45) is 0 Å². The van der Waals surface area contributed by atoms with E-state index in [2.05, 4.69) is 10.0 Å². The van der Waals surface area contributed by atoms with Crippen LogP contribution in [0.25, 0.3) is 0 Å². The quantitative estimate of drug-likeness (QED) is 0.480. The lowest BCUT2D eigenvalue weighted by molar-refractivity contribution is 0.0941. The van der Waals surface area contributed by atoms with Crippen LogP contribution in [-0.2, 0) is 10.0 Å². The molecule has 1 atom stereocenters. The molecule has 0 bridgehead atoms. The molecule has 0 aliphatic carbocycles. The van der Waals surface area contributed by atoms with Gasteiger partial charge in [0, 0.05) is 23.4 Å². The van der Waals surface area contributed by atoms with Gasteiger partial charge in [-0.1, -0.05) is 42.0 Å². The first-order chi connectivity index (χ1) is 16.1. The fraction of sp³-hybridized carbons (Fsp3) is 0.269. The van der Waals surface area contributed by atoms with Gasteiger partial charge in [-0.25, -0.2) is 8.42 Å². The molecule has 180 valence electrons. The topological polar surface area (TPSA) is 87.7 Å². The lowest BCUT2D eigenvalue weighted by Crippen LogP contribution is -2.34. The number of para-hydroxylation sites is 1. The number of sulfonamides is 1. The molecule has 2 N–H and O–H groups in total. The normalized spacial score (nSPS) is 12.3. The molecule has 34 heavy (non-hydrogen) atoms. The molecule has 0 saturated carbocycles. The maximum Gasteiger partial charge on any atom is 0.262 e. The Morgan fingerprint density at radius 2 is 1.68 bits per heavy atom. The predicted molar refractivity (Wildman–Crippen MR) is 135 cm³/mol. The van der Waals surface area contributed by atoms with E-state index in [1.54, 1.807) is 38.3 Å². The number of hydrogen-bond donors (Lipinski definition) is 2. The smallest absolute Gasteiger partial charge is 0.262 e. The molecule has 0 radical (unpaired) electrons. The Morgan fingerprint density at radius 1 is 1.00 bits per heavy atom. The van der Waals surface area contributed by atoms with Crippen LogP contribution in [0.2, 0.25) is 0 Å². The second-order valence-electron chi connectivity index (χ2n) is 8.38. The maximum atomic E-state index is 13.0. The van der Waals surface area contributed by atoms with E-state index < -0.39 is 10.0 Å². The highest BCUT2D eigenvalue weighted by atomic mass is 32.2. The first-order valence-electron chi connectivity index (χ1n) is 10.9. The molecule has 0 heterocycles. The van der Waals surface area contributed by atoms with Gasteiger partial charge in [-0.3, -0.25) is 9.52 Å². The number of likely N-dealkylation sites (N-methyl/N-ethyl adjacent to an activating group) is 1. The van der Waals surface area contributed by atoms with Gasteiger partial charge in [-0.15, -0.1) is 0 Å². The van der Waals surface area contributed by atoms with E-state index in [0.717, 1.165) is 16.9 Å². The number of rotatable bonds is 9. The molecular formula is C26H31N3O4S. The zero-order valence-corrected chi connectivity index (χ0v) is 20.9. The molecule has 0 aliphatic heterocycles. The monoisotopic (exact) mass is 481 g/mol. The van der Waals surface area contributed by atoms with Crippen molar-refractivity contribution in [1.82, 2.24) is 10.2 Å². The van der Waals surface area contributed by atoms with Crippen LogP contribution in [-0.4, -0.2) is 47.0 Å². The number of methoxy groups -OCH3 is 1. The van der Waals surface area contributed by atoms with E-state index in [9.17, 15) is 13.2 Å². The van der Waals surface area contributed by atoms with Crippen molar-refractivity contribution in [1.29, 1.82) is 0 Å². The summed E-state index contributed by atoms with van der Waals surface area (Å²) in [7, 11) is 1.60.